The van der Waals surface area contributed by atoms with Gasteiger partial charge in [0.25, 0.3) is 5.91 Å². The molecule has 0 unspecified atom stereocenters. The van der Waals surface area contributed by atoms with E-state index < -0.39 is 6.09 Å². The summed E-state index contributed by atoms with van der Waals surface area (Å²) in [4.78, 5) is 23.2. The molecule has 0 aromatic carbocycles. The summed E-state index contributed by atoms with van der Waals surface area (Å²) in [7, 11) is 0. The first-order chi connectivity index (χ1) is 6.25. The van der Waals surface area contributed by atoms with Gasteiger partial charge >= 0.3 is 6.09 Å². The van der Waals surface area contributed by atoms with Gasteiger partial charge in [-0.15, -0.1) is 0 Å². The first-order valence-electron chi connectivity index (χ1n) is 4.03. The van der Waals surface area contributed by atoms with E-state index in [9.17, 15) is 9.59 Å². The molecule has 0 aromatic rings. The lowest BCUT2D eigenvalue weighted by atomic mass is 10.4. The fourth-order valence-corrected chi connectivity index (χ4v) is 0.933. The number of hydrogen-bond acceptors (Lipinski definition) is 3. The standard InChI is InChI=1S/C9H11NO3/c1-2-3-4-5-8(11)10-6-7-13-9(10)12/h2-5H,6-7H2,1H3/b3-2+,5-4+. The van der Waals surface area contributed by atoms with Crippen LogP contribution >= 0.6 is 0 Å². The molecular weight excluding hydrogens is 170 g/mol. The average molecular weight is 181 g/mol. The Bertz CT molecular complexity index is 268. The van der Waals surface area contributed by atoms with E-state index >= 15 is 0 Å². The first kappa shape index (κ1) is 9.51. The topological polar surface area (TPSA) is 46.6 Å². The van der Waals surface area contributed by atoms with Crippen LogP contribution in [0.25, 0.3) is 0 Å². The number of cyclic esters (lactones) is 1. The quantitative estimate of drug-likeness (QED) is 0.473. The Kier molecular flexibility index (Phi) is 3.25. The molecule has 0 aliphatic carbocycles. The molecule has 0 bridgehead atoms. The molecular formula is C9H11NO3. The normalized spacial score (nSPS) is 17.3. The minimum Gasteiger partial charge on any atom is -0.447 e. The fourth-order valence-electron chi connectivity index (χ4n) is 0.933. The number of hydrogen-bond donors (Lipinski definition) is 0. The van der Waals surface area contributed by atoms with Gasteiger partial charge in [0.2, 0.25) is 0 Å². The summed E-state index contributed by atoms with van der Waals surface area (Å²) < 4.78 is 4.61. The molecule has 70 valence electrons. The monoisotopic (exact) mass is 181 g/mol. The highest BCUT2D eigenvalue weighted by molar-refractivity contribution is 5.99. The number of nitrogens with zero attached hydrogens (tertiary/aromatic N) is 1. The summed E-state index contributed by atoms with van der Waals surface area (Å²) in [6, 6.07) is 0. The van der Waals surface area contributed by atoms with Crippen LogP contribution in [-0.2, 0) is 9.53 Å². The van der Waals surface area contributed by atoms with E-state index in [-0.39, 0.29) is 5.91 Å². The third-order valence-electron chi connectivity index (χ3n) is 1.57. The van der Waals surface area contributed by atoms with E-state index in [4.69, 9.17) is 0 Å². The van der Waals surface area contributed by atoms with Gasteiger partial charge < -0.3 is 4.74 Å². The number of allylic oxidation sites excluding steroid dienone is 3. The maximum atomic E-state index is 11.2. The Balaban J connectivity index is 2.52. The zero-order valence-corrected chi connectivity index (χ0v) is 7.40. The molecule has 0 atom stereocenters. The summed E-state index contributed by atoms with van der Waals surface area (Å²) in [5.41, 5.74) is 0. The lowest BCUT2D eigenvalue weighted by Gasteiger charge is -2.05. The van der Waals surface area contributed by atoms with Crippen LogP contribution in [0.2, 0.25) is 0 Å². The number of ether oxygens (including phenoxy) is 1. The Morgan fingerprint density at radius 2 is 2.31 bits per heavy atom. The van der Waals surface area contributed by atoms with Crippen LogP contribution in [0.4, 0.5) is 4.79 Å². The Labute approximate surface area is 76.5 Å². The van der Waals surface area contributed by atoms with Crippen LogP contribution in [0.15, 0.2) is 24.3 Å². The molecule has 1 aliphatic rings. The Morgan fingerprint density at radius 3 is 2.85 bits per heavy atom. The van der Waals surface area contributed by atoms with Crippen LogP contribution < -0.4 is 0 Å². The van der Waals surface area contributed by atoms with Crippen molar-refractivity contribution in [1.29, 1.82) is 0 Å². The van der Waals surface area contributed by atoms with Gasteiger partial charge in [-0.1, -0.05) is 18.2 Å². The summed E-state index contributed by atoms with van der Waals surface area (Å²) in [6.45, 7) is 2.48. The van der Waals surface area contributed by atoms with E-state index in [1.165, 1.54) is 6.08 Å². The van der Waals surface area contributed by atoms with Crippen molar-refractivity contribution in [1.82, 2.24) is 4.90 Å². The number of amides is 2. The minimum atomic E-state index is -0.560. The lowest BCUT2D eigenvalue weighted by Crippen LogP contribution is -2.29. The first-order valence-corrected chi connectivity index (χ1v) is 4.03. The molecule has 2 amide bonds. The highest BCUT2D eigenvalue weighted by Crippen LogP contribution is 2.03. The van der Waals surface area contributed by atoms with Crippen LogP contribution in [0.1, 0.15) is 6.92 Å². The third kappa shape index (κ3) is 2.43. The number of rotatable bonds is 2. The highest BCUT2D eigenvalue weighted by atomic mass is 16.6. The van der Waals surface area contributed by atoms with E-state index in [2.05, 4.69) is 4.74 Å². The number of imide groups is 1. The molecule has 4 heteroatoms. The molecule has 4 nitrogen and oxygen atoms in total. The fraction of sp³-hybridized carbons (Fsp3) is 0.333. The van der Waals surface area contributed by atoms with Crippen molar-refractivity contribution in [3.05, 3.63) is 24.3 Å². The van der Waals surface area contributed by atoms with E-state index in [1.54, 1.807) is 18.2 Å². The van der Waals surface area contributed by atoms with Crippen molar-refractivity contribution in [3.8, 4) is 0 Å². The van der Waals surface area contributed by atoms with Crippen LogP contribution in [0.5, 0.6) is 0 Å². The van der Waals surface area contributed by atoms with E-state index in [1.807, 2.05) is 6.92 Å². The van der Waals surface area contributed by atoms with Crippen molar-refractivity contribution < 1.29 is 14.3 Å². The summed E-state index contributed by atoms with van der Waals surface area (Å²) >= 11 is 0. The van der Waals surface area contributed by atoms with Gasteiger partial charge in [-0.2, -0.15) is 0 Å². The minimum absolute atomic E-state index is 0.294. The number of carbonyl (C=O) groups excluding carboxylic acids is 2. The second-order valence-corrected chi connectivity index (χ2v) is 2.49. The van der Waals surface area contributed by atoms with Crippen molar-refractivity contribution >= 4 is 12.0 Å². The third-order valence-corrected chi connectivity index (χ3v) is 1.57. The second-order valence-electron chi connectivity index (χ2n) is 2.49. The Morgan fingerprint density at radius 1 is 1.54 bits per heavy atom. The molecule has 1 saturated heterocycles. The molecule has 13 heavy (non-hydrogen) atoms. The number of carbonyl (C=O) groups is 2. The molecule has 0 spiro atoms. The smallest absolute Gasteiger partial charge is 0.416 e. The van der Waals surface area contributed by atoms with Gasteiger partial charge in [-0.25, -0.2) is 9.69 Å². The lowest BCUT2D eigenvalue weighted by molar-refractivity contribution is -0.122. The molecule has 0 saturated carbocycles. The predicted octanol–water partition coefficient (Wildman–Crippen LogP) is 1.10. The molecule has 1 heterocycles. The maximum absolute atomic E-state index is 11.2. The molecule has 0 radical (unpaired) electrons. The van der Waals surface area contributed by atoms with Crippen LogP contribution in [0.3, 0.4) is 0 Å². The molecule has 0 aromatic heterocycles. The Hall–Kier alpha value is -1.58. The average Bonchev–Trinajstić information content (AvgIpc) is 2.52. The SMILES string of the molecule is C/C=C/C=C/C(=O)N1CCOC1=O. The zero-order chi connectivity index (χ0) is 9.68. The van der Waals surface area contributed by atoms with Gasteiger partial charge in [0, 0.05) is 6.08 Å². The van der Waals surface area contributed by atoms with E-state index in [0.29, 0.717) is 13.2 Å². The maximum Gasteiger partial charge on any atom is 0.416 e. The van der Waals surface area contributed by atoms with Crippen molar-refractivity contribution in [2.75, 3.05) is 13.2 Å². The zero-order valence-electron chi connectivity index (χ0n) is 7.40. The van der Waals surface area contributed by atoms with Crippen LogP contribution in [-0.4, -0.2) is 30.1 Å². The largest absolute Gasteiger partial charge is 0.447 e. The highest BCUT2D eigenvalue weighted by Gasteiger charge is 2.26. The van der Waals surface area contributed by atoms with Crippen molar-refractivity contribution in [2.24, 2.45) is 0 Å². The summed E-state index contributed by atoms with van der Waals surface area (Å²) in [5.74, 6) is -0.333. The van der Waals surface area contributed by atoms with E-state index in [0.717, 1.165) is 4.90 Å². The van der Waals surface area contributed by atoms with Gasteiger partial charge in [0.05, 0.1) is 6.54 Å². The van der Waals surface area contributed by atoms with Crippen molar-refractivity contribution in [2.45, 2.75) is 6.92 Å². The van der Waals surface area contributed by atoms with Crippen LogP contribution in [0, 0.1) is 0 Å². The molecule has 0 N–H and O–H groups in total. The summed E-state index contributed by atoms with van der Waals surface area (Å²) in [6.07, 6.45) is 5.89. The molecule has 1 aliphatic heterocycles. The van der Waals surface area contributed by atoms with Gasteiger partial charge in [-0.3, -0.25) is 4.79 Å². The summed E-state index contributed by atoms with van der Waals surface area (Å²) in [5, 5.41) is 0. The predicted molar refractivity (Wildman–Crippen MR) is 47.0 cm³/mol. The molecule has 1 fully saturated rings. The second kappa shape index (κ2) is 4.45. The van der Waals surface area contributed by atoms with Gasteiger partial charge in [0.1, 0.15) is 6.61 Å². The van der Waals surface area contributed by atoms with Gasteiger partial charge in [0.15, 0.2) is 0 Å². The molecule has 1 rings (SSSR count). The van der Waals surface area contributed by atoms with Crippen molar-refractivity contribution in [3.63, 3.8) is 0 Å². The van der Waals surface area contributed by atoms with Gasteiger partial charge in [-0.05, 0) is 6.92 Å².